The van der Waals surface area contributed by atoms with Crippen molar-refractivity contribution in [3.63, 3.8) is 0 Å². The summed E-state index contributed by atoms with van der Waals surface area (Å²) >= 11 is 7.53. The zero-order chi connectivity index (χ0) is 15.9. The zero-order valence-electron chi connectivity index (χ0n) is 12.3. The Bertz CT molecular complexity index is 867. The monoisotopic (exact) mass is 334 g/mol. The lowest BCUT2D eigenvalue weighted by atomic mass is 10.1. The molecule has 0 saturated heterocycles. The first-order valence-electron chi connectivity index (χ1n) is 7.01. The highest BCUT2D eigenvalue weighted by atomic mass is 35.5. The topological polar surface area (TPSA) is 54.6 Å². The molecule has 0 fully saturated rings. The van der Waals surface area contributed by atoms with Crippen LogP contribution in [-0.4, -0.2) is 20.5 Å². The molecule has 0 radical (unpaired) electrons. The number of hydrogen-bond acceptors (Lipinski definition) is 3. The van der Waals surface area contributed by atoms with E-state index in [0.29, 0.717) is 22.1 Å². The van der Waals surface area contributed by atoms with Gasteiger partial charge in [0.1, 0.15) is 0 Å². The Balaban J connectivity index is 2.26. The highest BCUT2D eigenvalue weighted by molar-refractivity contribution is 7.15. The molecular weight excluding hydrogens is 320 g/mol. The van der Waals surface area contributed by atoms with Crippen LogP contribution in [0.3, 0.4) is 0 Å². The number of aromatic nitrogens is 2. The van der Waals surface area contributed by atoms with Gasteiger partial charge in [-0.15, -0.1) is 11.3 Å². The molecule has 2 aromatic heterocycles. The van der Waals surface area contributed by atoms with Crippen molar-refractivity contribution in [3.8, 4) is 11.3 Å². The number of carboxylic acids is 1. The maximum absolute atomic E-state index is 11.7. The lowest BCUT2D eigenvalue weighted by Crippen LogP contribution is -2.06. The molecule has 1 aromatic carbocycles. The van der Waals surface area contributed by atoms with Crippen molar-refractivity contribution in [2.45, 2.75) is 26.7 Å². The summed E-state index contributed by atoms with van der Waals surface area (Å²) in [4.78, 5) is 16.9. The number of halogens is 1. The summed E-state index contributed by atoms with van der Waals surface area (Å²) in [6.07, 6.45) is 1.52. The van der Waals surface area contributed by atoms with Gasteiger partial charge in [-0.05, 0) is 36.6 Å². The first kappa shape index (κ1) is 15.1. The predicted molar refractivity (Wildman–Crippen MR) is 89.2 cm³/mol. The Morgan fingerprint density at radius 1 is 1.45 bits per heavy atom. The first-order chi connectivity index (χ1) is 10.5. The summed E-state index contributed by atoms with van der Waals surface area (Å²) in [6.45, 7) is 3.95. The van der Waals surface area contributed by atoms with Crippen LogP contribution in [0.1, 0.15) is 35.1 Å². The first-order valence-corrected chi connectivity index (χ1v) is 8.27. The minimum Gasteiger partial charge on any atom is -0.477 e. The van der Waals surface area contributed by atoms with Crippen molar-refractivity contribution in [2.75, 3.05) is 0 Å². The van der Waals surface area contributed by atoms with Crippen molar-refractivity contribution in [1.82, 2.24) is 9.38 Å². The lowest BCUT2D eigenvalue weighted by molar-refractivity contribution is 0.0688. The van der Waals surface area contributed by atoms with Crippen molar-refractivity contribution in [1.29, 1.82) is 0 Å². The van der Waals surface area contributed by atoms with Crippen LogP contribution in [-0.2, 0) is 6.42 Å². The quantitative estimate of drug-likeness (QED) is 0.754. The van der Waals surface area contributed by atoms with Gasteiger partial charge in [-0.3, -0.25) is 4.40 Å². The second-order valence-corrected chi connectivity index (χ2v) is 6.41. The van der Waals surface area contributed by atoms with Crippen LogP contribution < -0.4 is 0 Å². The number of benzene rings is 1. The number of carboxylic acid groups (broad SMARTS) is 1. The summed E-state index contributed by atoms with van der Waals surface area (Å²) in [5, 5.41) is 12.2. The number of fused-ring (bicyclic) bond motifs is 1. The van der Waals surface area contributed by atoms with Gasteiger partial charge in [-0.1, -0.05) is 31.0 Å². The van der Waals surface area contributed by atoms with Gasteiger partial charge in [0.05, 0.1) is 11.4 Å². The third-order valence-corrected chi connectivity index (χ3v) is 4.83. The van der Waals surface area contributed by atoms with Crippen LogP contribution in [0.25, 0.3) is 16.2 Å². The average molecular weight is 335 g/mol. The van der Waals surface area contributed by atoms with E-state index in [-0.39, 0.29) is 5.69 Å². The molecule has 22 heavy (non-hydrogen) atoms. The van der Waals surface area contributed by atoms with E-state index in [2.05, 4.69) is 4.98 Å². The number of aryl methyl sites for hydroxylation is 2. The summed E-state index contributed by atoms with van der Waals surface area (Å²) in [7, 11) is 0. The molecule has 114 valence electrons. The highest BCUT2D eigenvalue weighted by Crippen LogP contribution is 2.31. The fourth-order valence-electron chi connectivity index (χ4n) is 2.54. The smallest absolute Gasteiger partial charge is 0.354 e. The minimum atomic E-state index is -0.943. The van der Waals surface area contributed by atoms with Gasteiger partial charge in [0.15, 0.2) is 10.7 Å². The number of imidazole rings is 1. The van der Waals surface area contributed by atoms with E-state index < -0.39 is 5.97 Å². The molecule has 0 aliphatic rings. The van der Waals surface area contributed by atoms with Crippen LogP contribution in [0.2, 0.25) is 5.02 Å². The highest BCUT2D eigenvalue weighted by Gasteiger charge is 2.22. The maximum Gasteiger partial charge on any atom is 0.354 e. The largest absolute Gasteiger partial charge is 0.477 e. The molecule has 0 spiro atoms. The molecule has 0 atom stereocenters. The van der Waals surface area contributed by atoms with E-state index in [9.17, 15) is 9.90 Å². The molecule has 0 amide bonds. The normalized spacial score (nSPS) is 11.2. The molecule has 0 aliphatic carbocycles. The molecule has 0 saturated carbocycles. The number of thiazole rings is 1. The van der Waals surface area contributed by atoms with E-state index in [1.807, 2.05) is 37.4 Å². The van der Waals surface area contributed by atoms with Gasteiger partial charge in [0.25, 0.3) is 0 Å². The van der Waals surface area contributed by atoms with E-state index >= 15 is 0 Å². The Morgan fingerprint density at radius 3 is 2.86 bits per heavy atom. The molecule has 0 aliphatic heterocycles. The van der Waals surface area contributed by atoms with E-state index in [1.54, 1.807) is 4.40 Å². The van der Waals surface area contributed by atoms with E-state index in [0.717, 1.165) is 23.2 Å². The maximum atomic E-state index is 11.7. The standard InChI is InChI=1S/C16H15ClN2O2S/c1-3-4-12-14(15(20)21)19-13(8-22-16(19)18-12)10-5-6-11(17)9(2)7-10/h5-8H,3-4H2,1-2H3,(H,20,21). The van der Waals surface area contributed by atoms with Gasteiger partial charge < -0.3 is 5.11 Å². The van der Waals surface area contributed by atoms with E-state index in [4.69, 9.17) is 11.6 Å². The second kappa shape index (κ2) is 5.74. The molecule has 0 unspecified atom stereocenters. The summed E-state index contributed by atoms with van der Waals surface area (Å²) in [5.74, 6) is -0.943. The summed E-state index contributed by atoms with van der Waals surface area (Å²) in [5.41, 5.74) is 3.65. The van der Waals surface area contributed by atoms with Gasteiger partial charge in [-0.25, -0.2) is 9.78 Å². The summed E-state index contributed by atoms with van der Waals surface area (Å²) in [6, 6.07) is 5.71. The van der Waals surface area contributed by atoms with Crippen LogP contribution in [0.5, 0.6) is 0 Å². The molecule has 2 heterocycles. The third kappa shape index (κ3) is 2.40. The Labute approximate surface area is 137 Å². The number of hydrogen-bond donors (Lipinski definition) is 1. The molecule has 6 heteroatoms. The molecule has 3 rings (SSSR count). The molecule has 4 nitrogen and oxygen atoms in total. The van der Waals surface area contributed by atoms with Crippen LogP contribution >= 0.6 is 22.9 Å². The van der Waals surface area contributed by atoms with Crippen LogP contribution in [0.15, 0.2) is 23.6 Å². The fourth-order valence-corrected chi connectivity index (χ4v) is 3.57. The number of aromatic carboxylic acids is 1. The Morgan fingerprint density at radius 2 is 2.23 bits per heavy atom. The fraction of sp³-hybridized carbons (Fsp3) is 0.250. The van der Waals surface area contributed by atoms with Gasteiger partial charge in [0.2, 0.25) is 0 Å². The Kier molecular flexibility index (Phi) is 3.93. The van der Waals surface area contributed by atoms with Crippen molar-refractivity contribution >= 4 is 33.9 Å². The zero-order valence-corrected chi connectivity index (χ0v) is 13.8. The predicted octanol–water partition coefficient (Wildman–Crippen LogP) is 4.68. The van der Waals surface area contributed by atoms with Gasteiger partial charge >= 0.3 is 5.97 Å². The van der Waals surface area contributed by atoms with Gasteiger partial charge in [-0.2, -0.15) is 0 Å². The van der Waals surface area contributed by atoms with Crippen LogP contribution in [0, 0.1) is 6.92 Å². The average Bonchev–Trinajstić information content (AvgIpc) is 3.00. The molecule has 3 aromatic rings. The molecule has 0 bridgehead atoms. The lowest BCUT2D eigenvalue weighted by Gasteiger charge is -2.05. The summed E-state index contributed by atoms with van der Waals surface area (Å²) < 4.78 is 1.74. The van der Waals surface area contributed by atoms with Crippen molar-refractivity contribution in [2.24, 2.45) is 0 Å². The second-order valence-electron chi connectivity index (χ2n) is 5.17. The van der Waals surface area contributed by atoms with Crippen molar-refractivity contribution in [3.05, 3.63) is 45.6 Å². The third-order valence-electron chi connectivity index (χ3n) is 3.58. The SMILES string of the molecule is CCCc1nc2scc(-c3ccc(Cl)c(C)c3)n2c1C(=O)O. The molecular formula is C16H15ClN2O2S. The Hall–Kier alpha value is -1.85. The molecule has 1 N–H and O–H groups in total. The van der Waals surface area contributed by atoms with E-state index in [1.165, 1.54) is 11.3 Å². The minimum absolute atomic E-state index is 0.265. The van der Waals surface area contributed by atoms with Crippen molar-refractivity contribution < 1.29 is 9.90 Å². The van der Waals surface area contributed by atoms with Crippen LogP contribution in [0.4, 0.5) is 0 Å². The van der Waals surface area contributed by atoms with Gasteiger partial charge in [0, 0.05) is 10.4 Å². The number of nitrogens with zero attached hydrogens (tertiary/aromatic N) is 2. The number of carbonyl (C=O) groups is 1. The number of rotatable bonds is 4.